The van der Waals surface area contributed by atoms with Crippen LogP contribution in [0.5, 0.6) is 0 Å². The number of carbonyl (C=O) groups is 1. The van der Waals surface area contributed by atoms with Crippen LogP contribution in [0.15, 0.2) is 28.7 Å². The lowest BCUT2D eigenvalue weighted by Crippen LogP contribution is -2.43. The minimum Gasteiger partial charge on any atom is -0.460 e. The predicted octanol–water partition coefficient (Wildman–Crippen LogP) is 4.22. The lowest BCUT2D eigenvalue weighted by Gasteiger charge is -2.29. The Labute approximate surface area is 141 Å². The zero-order valence-corrected chi connectivity index (χ0v) is 14.1. The Morgan fingerprint density at radius 2 is 2.09 bits per heavy atom. The number of ether oxygens (including phenoxy) is 1. The monoisotopic (exact) mass is 335 g/mol. The predicted molar refractivity (Wildman–Crippen MR) is 90.9 cm³/mol. The molecule has 124 valence electrons. The summed E-state index contributed by atoms with van der Waals surface area (Å²) in [6.07, 6.45) is 2.86. The van der Waals surface area contributed by atoms with Gasteiger partial charge in [0.1, 0.15) is 11.3 Å². The van der Waals surface area contributed by atoms with Gasteiger partial charge in [-0.25, -0.2) is 0 Å². The molecule has 1 amide bonds. The zero-order chi connectivity index (χ0) is 16.2. The van der Waals surface area contributed by atoms with Gasteiger partial charge in [-0.1, -0.05) is 31.4 Å². The maximum Gasteiger partial charge on any atom is 0.233 e. The molecule has 0 radical (unpaired) electrons. The molecule has 23 heavy (non-hydrogen) atoms. The van der Waals surface area contributed by atoms with Crippen LogP contribution < -0.4 is 0 Å². The molecule has 0 aliphatic carbocycles. The average molecular weight is 336 g/mol. The Balaban J connectivity index is 1.88. The van der Waals surface area contributed by atoms with Crippen molar-refractivity contribution < 1.29 is 13.9 Å². The number of furan rings is 1. The molecule has 1 aliphatic heterocycles. The summed E-state index contributed by atoms with van der Waals surface area (Å²) in [5, 5.41) is 1.62. The topological polar surface area (TPSA) is 42.7 Å². The standard InChI is InChI=1S/C18H22ClNO3/c1-2-3-4-15(18(21)20-7-9-22-10-8-20)17-12-13-11-14(19)5-6-16(13)23-17/h5-6,11-12,15H,2-4,7-10H2,1H3. The molecule has 5 heteroatoms. The number of unbranched alkanes of at least 4 members (excludes halogenated alkanes) is 1. The number of benzene rings is 1. The largest absolute Gasteiger partial charge is 0.460 e. The summed E-state index contributed by atoms with van der Waals surface area (Å²) < 4.78 is 11.3. The van der Waals surface area contributed by atoms with Crippen molar-refractivity contribution in [3.8, 4) is 0 Å². The summed E-state index contributed by atoms with van der Waals surface area (Å²) in [4.78, 5) is 14.8. The summed E-state index contributed by atoms with van der Waals surface area (Å²) in [5.41, 5.74) is 0.778. The van der Waals surface area contributed by atoms with E-state index in [0.29, 0.717) is 31.3 Å². The van der Waals surface area contributed by atoms with Crippen molar-refractivity contribution in [2.75, 3.05) is 26.3 Å². The van der Waals surface area contributed by atoms with Crippen LogP contribution in [0.4, 0.5) is 0 Å². The molecule has 1 saturated heterocycles. The van der Waals surface area contributed by atoms with E-state index in [2.05, 4.69) is 6.92 Å². The van der Waals surface area contributed by atoms with E-state index < -0.39 is 0 Å². The third kappa shape index (κ3) is 3.70. The Morgan fingerprint density at radius 3 is 2.83 bits per heavy atom. The van der Waals surface area contributed by atoms with E-state index in [0.717, 1.165) is 36.0 Å². The first-order valence-corrected chi connectivity index (χ1v) is 8.62. The fourth-order valence-corrected chi connectivity index (χ4v) is 3.19. The smallest absolute Gasteiger partial charge is 0.233 e. The molecule has 0 spiro atoms. The number of halogens is 1. The second kappa shape index (κ2) is 7.37. The summed E-state index contributed by atoms with van der Waals surface area (Å²) in [6.45, 7) is 4.68. The van der Waals surface area contributed by atoms with Gasteiger partial charge in [-0.3, -0.25) is 4.79 Å². The van der Waals surface area contributed by atoms with Gasteiger partial charge in [0.2, 0.25) is 5.91 Å². The van der Waals surface area contributed by atoms with E-state index in [4.69, 9.17) is 20.8 Å². The lowest BCUT2D eigenvalue weighted by atomic mass is 9.97. The first-order valence-electron chi connectivity index (χ1n) is 8.24. The molecule has 1 aromatic carbocycles. The highest BCUT2D eigenvalue weighted by Gasteiger charge is 2.29. The van der Waals surface area contributed by atoms with E-state index in [1.54, 1.807) is 0 Å². The molecule has 1 unspecified atom stereocenters. The van der Waals surface area contributed by atoms with Crippen LogP contribution in [0.25, 0.3) is 11.0 Å². The molecular weight excluding hydrogens is 314 g/mol. The van der Waals surface area contributed by atoms with E-state index in [1.165, 1.54) is 0 Å². The first kappa shape index (κ1) is 16.3. The SMILES string of the molecule is CCCCC(C(=O)N1CCOCC1)c1cc2cc(Cl)ccc2o1. The van der Waals surface area contributed by atoms with Gasteiger partial charge >= 0.3 is 0 Å². The number of morpholine rings is 1. The van der Waals surface area contributed by atoms with Gasteiger partial charge in [0.25, 0.3) is 0 Å². The van der Waals surface area contributed by atoms with Crippen molar-refractivity contribution in [3.63, 3.8) is 0 Å². The van der Waals surface area contributed by atoms with E-state index >= 15 is 0 Å². The van der Waals surface area contributed by atoms with Crippen molar-refractivity contribution >= 4 is 28.5 Å². The van der Waals surface area contributed by atoms with Gasteiger partial charge in [-0.2, -0.15) is 0 Å². The summed E-state index contributed by atoms with van der Waals surface area (Å²) in [6, 6.07) is 7.50. The highest BCUT2D eigenvalue weighted by molar-refractivity contribution is 6.31. The Morgan fingerprint density at radius 1 is 1.30 bits per heavy atom. The van der Waals surface area contributed by atoms with Crippen LogP contribution in [0, 0.1) is 0 Å². The first-order chi connectivity index (χ1) is 11.2. The summed E-state index contributed by atoms with van der Waals surface area (Å²) >= 11 is 6.04. The number of nitrogens with zero attached hydrogens (tertiary/aromatic N) is 1. The van der Waals surface area contributed by atoms with Crippen LogP contribution >= 0.6 is 11.6 Å². The van der Waals surface area contributed by atoms with Gasteiger partial charge in [-0.05, 0) is 30.7 Å². The minimum atomic E-state index is -0.223. The normalized spacial score (nSPS) is 16.7. The van der Waals surface area contributed by atoms with Gasteiger partial charge in [-0.15, -0.1) is 0 Å². The van der Waals surface area contributed by atoms with Crippen molar-refractivity contribution in [1.29, 1.82) is 0 Å². The molecule has 4 nitrogen and oxygen atoms in total. The maximum absolute atomic E-state index is 12.9. The van der Waals surface area contributed by atoms with Gasteiger partial charge in [0.05, 0.1) is 19.1 Å². The quantitative estimate of drug-likeness (QED) is 0.821. The fourth-order valence-electron chi connectivity index (χ4n) is 3.01. The van der Waals surface area contributed by atoms with Gasteiger partial charge < -0.3 is 14.1 Å². The summed E-state index contributed by atoms with van der Waals surface area (Å²) in [5.74, 6) is 0.665. The Hall–Kier alpha value is -1.52. The molecule has 0 N–H and O–H groups in total. The van der Waals surface area contributed by atoms with Crippen molar-refractivity contribution in [1.82, 2.24) is 4.90 Å². The minimum absolute atomic E-state index is 0.145. The number of amides is 1. The molecule has 1 atom stereocenters. The van der Waals surface area contributed by atoms with Crippen LogP contribution in [0.2, 0.25) is 5.02 Å². The second-order valence-corrected chi connectivity index (χ2v) is 6.40. The molecule has 3 rings (SSSR count). The number of hydrogen-bond acceptors (Lipinski definition) is 3. The third-order valence-electron chi connectivity index (χ3n) is 4.31. The van der Waals surface area contributed by atoms with Gasteiger partial charge in [0, 0.05) is 23.5 Å². The summed E-state index contributed by atoms with van der Waals surface area (Å²) in [7, 11) is 0. The molecule has 0 bridgehead atoms. The number of fused-ring (bicyclic) bond motifs is 1. The highest BCUT2D eigenvalue weighted by Crippen LogP contribution is 2.31. The number of rotatable bonds is 5. The van der Waals surface area contributed by atoms with Crippen molar-refractivity contribution in [2.45, 2.75) is 32.1 Å². The van der Waals surface area contributed by atoms with Crippen LogP contribution in [-0.4, -0.2) is 37.1 Å². The molecule has 2 heterocycles. The second-order valence-electron chi connectivity index (χ2n) is 5.96. The fraction of sp³-hybridized carbons (Fsp3) is 0.500. The molecule has 1 aliphatic rings. The van der Waals surface area contributed by atoms with E-state index in [9.17, 15) is 4.79 Å². The lowest BCUT2D eigenvalue weighted by molar-refractivity contribution is -0.137. The van der Waals surface area contributed by atoms with Gasteiger partial charge in [0.15, 0.2) is 0 Å². The number of hydrogen-bond donors (Lipinski definition) is 0. The van der Waals surface area contributed by atoms with Crippen LogP contribution in [0.3, 0.4) is 0 Å². The van der Waals surface area contributed by atoms with Crippen molar-refractivity contribution in [3.05, 3.63) is 35.0 Å². The molecular formula is C18H22ClNO3. The maximum atomic E-state index is 12.9. The molecule has 1 fully saturated rings. The molecule has 2 aromatic rings. The van der Waals surface area contributed by atoms with Crippen LogP contribution in [0.1, 0.15) is 37.9 Å². The molecule has 0 saturated carbocycles. The highest BCUT2D eigenvalue weighted by atomic mass is 35.5. The third-order valence-corrected chi connectivity index (χ3v) is 4.54. The molecule has 1 aromatic heterocycles. The Kier molecular flexibility index (Phi) is 5.23. The van der Waals surface area contributed by atoms with E-state index in [1.807, 2.05) is 29.2 Å². The van der Waals surface area contributed by atoms with Crippen molar-refractivity contribution in [2.24, 2.45) is 0 Å². The number of carbonyl (C=O) groups excluding carboxylic acids is 1. The average Bonchev–Trinajstić information content (AvgIpc) is 2.98. The zero-order valence-electron chi connectivity index (χ0n) is 13.4. The van der Waals surface area contributed by atoms with E-state index in [-0.39, 0.29) is 11.8 Å². The van der Waals surface area contributed by atoms with Crippen LogP contribution in [-0.2, 0) is 9.53 Å². The Bertz CT molecular complexity index is 676.